The second-order valence-electron chi connectivity index (χ2n) is 12.0. The summed E-state index contributed by atoms with van der Waals surface area (Å²) in [6.07, 6.45) is -3.54. The number of hydrogen-bond donors (Lipinski definition) is 2. The average molecular weight is 740 g/mol. The van der Waals surface area contributed by atoms with Crippen molar-refractivity contribution in [3.05, 3.63) is 144 Å². The first-order valence-electron chi connectivity index (χ1n) is 16.5. The highest BCUT2D eigenvalue weighted by Gasteiger charge is 2.50. The van der Waals surface area contributed by atoms with Crippen molar-refractivity contribution in [2.45, 2.75) is 30.2 Å². The number of carbonyl (C=O) groups excluding carboxylic acids is 1. The Morgan fingerprint density at radius 3 is 2.04 bits per heavy atom. The number of carbonyl (C=O) groups is 1. The van der Waals surface area contributed by atoms with Crippen molar-refractivity contribution in [2.75, 3.05) is 26.1 Å². The Balaban J connectivity index is 1.24. The number of rotatable bonds is 13. The van der Waals surface area contributed by atoms with Crippen LogP contribution in [-0.4, -0.2) is 69.5 Å². The van der Waals surface area contributed by atoms with E-state index in [-0.39, 0.29) is 23.6 Å². The Hall–Kier alpha value is -5.50. The lowest BCUT2D eigenvalue weighted by atomic mass is 9.80. The van der Waals surface area contributed by atoms with Gasteiger partial charge in [-0.05, 0) is 53.1 Å². The van der Waals surface area contributed by atoms with Crippen LogP contribution in [0.3, 0.4) is 0 Å². The molecule has 272 valence electrons. The summed E-state index contributed by atoms with van der Waals surface area (Å²) in [6, 6.07) is 32.8. The van der Waals surface area contributed by atoms with Gasteiger partial charge in [0.1, 0.15) is 35.6 Å². The highest BCUT2D eigenvalue weighted by atomic mass is 31.1. The summed E-state index contributed by atoms with van der Waals surface area (Å²) in [7, 11) is -0.495. The molecule has 2 aromatic heterocycles. The van der Waals surface area contributed by atoms with Crippen LogP contribution in [0.4, 0.5) is 10.2 Å². The maximum atomic E-state index is 16.6. The topological polar surface area (TPSA) is 156 Å². The van der Waals surface area contributed by atoms with Gasteiger partial charge in [-0.1, -0.05) is 72.8 Å². The van der Waals surface area contributed by atoms with Crippen LogP contribution < -0.4 is 14.8 Å². The molecule has 1 fully saturated rings. The molecule has 13 nitrogen and oxygen atoms in total. The molecule has 7 rings (SSSR count). The van der Waals surface area contributed by atoms with Gasteiger partial charge in [0, 0.05) is 5.56 Å². The van der Waals surface area contributed by atoms with Crippen molar-refractivity contribution >= 4 is 31.1 Å². The molecule has 1 aliphatic heterocycles. The molecule has 5 atom stereocenters. The number of aromatic nitrogens is 4. The number of amides is 1. The number of imidazole rings is 1. The molecule has 0 radical (unpaired) electrons. The van der Waals surface area contributed by atoms with Crippen molar-refractivity contribution in [3.63, 3.8) is 0 Å². The molecule has 3 heterocycles. The molecule has 4 aromatic carbocycles. The molecule has 53 heavy (non-hydrogen) atoms. The van der Waals surface area contributed by atoms with E-state index < -0.39 is 44.4 Å². The number of ether oxygens (including phenoxy) is 4. The quantitative estimate of drug-likeness (QED) is 0.104. The van der Waals surface area contributed by atoms with Crippen LogP contribution in [0, 0.1) is 0 Å². The molecule has 0 spiro atoms. The number of anilines is 1. The third kappa shape index (κ3) is 7.15. The van der Waals surface area contributed by atoms with Gasteiger partial charge in [0.15, 0.2) is 29.4 Å². The fraction of sp³-hybridized carbons (Fsp3) is 0.211. The van der Waals surface area contributed by atoms with Gasteiger partial charge in [-0.3, -0.25) is 18.5 Å². The van der Waals surface area contributed by atoms with E-state index >= 15 is 4.39 Å². The number of hydrogen-bond acceptors (Lipinski definition) is 10. The summed E-state index contributed by atoms with van der Waals surface area (Å²) in [5.74, 6) is 0.954. The zero-order valence-electron chi connectivity index (χ0n) is 28.5. The molecule has 15 heteroatoms. The van der Waals surface area contributed by atoms with Crippen molar-refractivity contribution in [1.82, 2.24) is 19.5 Å². The zero-order chi connectivity index (χ0) is 37.0. The molecule has 1 aliphatic rings. The summed E-state index contributed by atoms with van der Waals surface area (Å²) in [5, 5.41) is 2.73. The lowest BCUT2D eigenvalue weighted by molar-refractivity contribution is -0.0885. The van der Waals surface area contributed by atoms with E-state index in [0.717, 1.165) is 16.7 Å². The molecule has 0 saturated carbocycles. The van der Waals surface area contributed by atoms with Crippen LogP contribution in [0.5, 0.6) is 11.5 Å². The third-order valence-electron chi connectivity index (χ3n) is 9.04. The number of nitrogens with one attached hydrogen (secondary N) is 1. The third-order valence-corrected chi connectivity index (χ3v) is 9.51. The maximum absolute atomic E-state index is 16.6. The first-order chi connectivity index (χ1) is 25.8. The minimum Gasteiger partial charge on any atom is -0.497 e. The molecular formula is C38H35FN5O8P. The van der Waals surface area contributed by atoms with Gasteiger partial charge in [-0.15, -0.1) is 0 Å². The second kappa shape index (κ2) is 15.6. The SMILES string of the molecule is COc1ccc(C(OC[C@H]2O[C@@H](n3cnc4c(NC(=O)c5ccccc5)ncnc43)[C@H](O[PH](=O)O)[C@H]2F)(c2ccccc2)c2ccc(OC)cc2)cc1. The van der Waals surface area contributed by atoms with E-state index in [4.69, 9.17) is 23.5 Å². The fourth-order valence-electron chi connectivity index (χ4n) is 6.48. The highest BCUT2D eigenvalue weighted by Crippen LogP contribution is 2.44. The Morgan fingerprint density at radius 2 is 1.45 bits per heavy atom. The smallest absolute Gasteiger partial charge is 0.317 e. The molecule has 0 bridgehead atoms. The predicted molar refractivity (Wildman–Crippen MR) is 193 cm³/mol. The number of halogens is 1. The van der Waals surface area contributed by atoms with Crippen molar-refractivity contribution in [1.29, 1.82) is 0 Å². The minimum atomic E-state index is -3.64. The number of benzene rings is 4. The Kier molecular flexibility index (Phi) is 10.6. The summed E-state index contributed by atoms with van der Waals surface area (Å²) in [4.78, 5) is 35.7. The van der Waals surface area contributed by atoms with Crippen LogP contribution in [0.25, 0.3) is 11.2 Å². The van der Waals surface area contributed by atoms with Gasteiger partial charge >= 0.3 is 8.25 Å². The summed E-state index contributed by atoms with van der Waals surface area (Å²) < 4.78 is 59.3. The van der Waals surface area contributed by atoms with Gasteiger partial charge in [0.25, 0.3) is 5.91 Å². The Bertz CT molecular complexity index is 2150. The average Bonchev–Trinajstić information content (AvgIpc) is 3.76. The number of methoxy groups -OCH3 is 2. The van der Waals surface area contributed by atoms with E-state index in [2.05, 4.69) is 20.3 Å². The molecule has 1 saturated heterocycles. The van der Waals surface area contributed by atoms with E-state index in [1.165, 1.54) is 17.2 Å². The number of alkyl halides is 1. The second-order valence-corrected chi connectivity index (χ2v) is 12.8. The Morgan fingerprint density at radius 1 is 0.868 bits per heavy atom. The van der Waals surface area contributed by atoms with Gasteiger partial charge < -0.3 is 29.2 Å². The van der Waals surface area contributed by atoms with Crippen LogP contribution in [0.15, 0.2) is 122 Å². The number of nitrogens with zero attached hydrogens (tertiary/aromatic N) is 4. The molecule has 1 amide bonds. The highest BCUT2D eigenvalue weighted by molar-refractivity contribution is 7.32. The van der Waals surface area contributed by atoms with E-state index in [1.807, 2.05) is 78.9 Å². The van der Waals surface area contributed by atoms with Crippen LogP contribution >= 0.6 is 8.25 Å². The van der Waals surface area contributed by atoms with Gasteiger partial charge in [0.05, 0.1) is 27.2 Å². The zero-order valence-corrected chi connectivity index (χ0v) is 29.5. The van der Waals surface area contributed by atoms with Crippen LogP contribution in [0.2, 0.25) is 0 Å². The fourth-order valence-corrected chi connectivity index (χ4v) is 6.95. The molecular weight excluding hydrogens is 704 g/mol. The molecule has 1 unspecified atom stereocenters. The number of fused-ring (bicyclic) bond motifs is 1. The molecule has 0 aliphatic carbocycles. The first kappa shape index (κ1) is 35.9. The van der Waals surface area contributed by atoms with Crippen molar-refractivity contribution < 1.29 is 42.1 Å². The standard InChI is InChI=1S/C38H35FN5O8P/c1-48-28-17-13-26(14-18-28)38(25-11-7-4-8-12-25,27-15-19-29(49-2)20-16-27)50-21-30-31(39)33(52-53(46)47)37(51-30)44-23-42-32-34(40-22-41-35(32)44)43-36(45)24-9-5-3-6-10-24/h3-20,22-23,30-31,33,37,53H,21H2,1-2H3,(H,46,47)(H,40,41,43,45)/t30-,31+,33-,37-/m1/s1. The van der Waals surface area contributed by atoms with Crippen LogP contribution in [0.1, 0.15) is 33.3 Å². The normalized spacial score (nSPS) is 19.2. The monoisotopic (exact) mass is 739 g/mol. The van der Waals surface area contributed by atoms with E-state index in [1.54, 1.807) is 44.6 Å². The minimum absolute atomic E-state index is 0.108. The van der Waals surface area contributed by atoms with Crippen molar-refractivity contribution in [3.8, 4) is 11.5 Å². The first-order valence-corrected chi connectivity index (χ1v) is 17.8. The van der Waals surface area contributed by atoms with E-state index in [0.29, 0.717) is 17.1 Å². The summed E-state index contributed by atoms with van der Waals surface area (Å²) in [6.45, 7) is -0.323. The molecule has 2 N–H and O–H groups in total. The predicted octanol–water partition coefficient (Wildman–Crippen LogP) is 6.11. The maximum Gasteiger partial charge on any atom is 0.317 e. The lowest BCUT2D eigenvalue weighted by Crippen LogP contribution is -2.38. The van der Waals surface area contributed by atoms with E-state index in [9.17, 15) is 14.3 Å². The lowest BCUT2D eigenvalue weighted by Gasteiger charge is -2.37. The molecule has 6 aromatic rings. The van der Waals surface area contributed by atoms with Crippen molar-refractivity contribution in [2.24, 2.45) is 0 Å². The van der Waals surface area contributed by atoms with Gasteiger partial charge in [0.2, 0.25) is 0 Å². The van der Waals surface area contributed by atoms with Gasteiger partial charge in [-0.25, -0.2) is 19.3 Å². The summed E-state index contributed by atoms with van der Waals surface area (Å²) >= 11 is 0. The largest absolute Gasteiger partial charge is 0.497 e. The van der Waals surface area contributed by atoms with Crippen LogP contribution in [-0.2, 0) is 24.2 Å². The summed E-state index contributed by atoms with van der Waals surface area (Å²) in [5.41, 5.74) is 1.65. The Labute approximate surface area is 304 Å². The van der Waals surface area contributed by atoms with Gasteiger partial charge in [-0.2, -0.15) is 0 Å².